The molecule has 1 aromatic heterocycles. The molecule has 0 bridgehead atoms. The lowest BCUT2D eigenvalue weighted by Gasteiger charge is -2.03. The van der Waals surface area contributed by atoms with E-state index >= 15 is 0 Å². The monoisotopic (exact) mass is 200 g/mol. The molecule has 0 unspecified atom stereocenters. The highest BCUT2D eigenvalue weighted by molar-refractivity contribution is 5.89. The molecule has 6 nitrogen and oxygen atoms in total. The average molecular weight is 200 g/mol. The number of H-pyrrole nitrogens is 1. The second kappa shape index (κ2) is 5.23. The number of ether oxygens (including phenoxy) is 2. The van der Waals surface area contributed by atoms with Gasteiger partial charge in [-0.2, -0.15) is 0 Å². The number of nitrogens with zero attached hydrogens (tertiary/aromatic N) is 1. The Morgan fingerprint density at radius 1 is 1.64 bits per heavy atom. The second-order valence-electron chi connectivity index (χ2n) is 2.45. The minimum atomic E-state index is -1.06. The van der Waals surface area contributed by atoms with Gasteiger partial charge in [0.05, 0.1) is 6.61 Å². The summed E-state index contributed by atoms with van der Waals surface area (Å²) >= 11 is 0. The molecule has 0 aliphatic heterocycles. The van der Waals surface area contributed by atoms with Crippen LogP contribution in [0.1, 0.15) is 17.3 Å². The fourth-order valence-electron chi connectivity index (χ4n) is 0.882. The van der Waals surface area contributed by atoms with Crippen LogP contribution >= 0.6 is 0 Å². The Hall–Kier alpha value is -1.56. The maximum atomic E-state index is 10.6. The quantitative estimate of drug-likeness (QED) is 0.654. The molecule has 0 aromatic carbocycles. The summed E-state index contributed by atoms with van der Waals surface area (Å²) in [6.07, 6.45) is 1.28. The van der Waals surface area contributed by atoms with E-state index in [1.165, 1.54) is 6.20 Å². The number of carbonyl (C=O) groups is 1. The van der Waals surface area contributed by atoms with Gasteiger partial charge in [-0.1, -0.05) is 0 Å². The number of rotatable bonds is 6. The predicted molar refractivity (Wildman–Crippen MR) is 47.5 cm³/mol. The highest BCUT2D eigenvalue weighted by Gasteiger charge is 2.13. The van der Waals surface area contributed by atoms with E-state index in [4.69, 9.17) is 14.6 Å². The number of aromatic amines is 1. The lowest BCUT2D eigenvalue weighted by Crippen LogP contribution is -2.08. The van der Waals surface area contributed by atoms with Gasteiger partial charge in [-0.15, -0.1) is 5.10 Å². The van der Waals surface area contributed by atoms with Crippen LogP contribution in [-0.2, 0) is 4.74 Å². The van der Waals surface area contributed by atoms with E-state index in [0.717, 1.165) is 0 Å². The highest BCUT2D eigenvalue weighted by atomic mass is 16.5. The Morgan fingerprint density at radius 3 is 3.07 bits per heavy atom. The topological polar surface area (TPSA) is 84.4 Å². The zero-order valence-corrected chi connectivity index (χ0v) is 7.82. The van der Waals surface area contributed by atoms with E-state index in [2.05, 4.69) is 10.2 Å². The largest absolute Gasteiger partial charge is 0.477 e. The fourth-order valence-corrected chi connectivity index (χ4v) is 0.882. The third-order valence-corrected chi connectivity index (χ3v) is 1.51. The summed E-state index contributed by atoms with van der Waals surface area (Å²) in [5.74, 6) is -0.970. The highest BCUT2D eigenvalue weighted by Crippen LogP contribution is 2.12. The molecule has 0 saturated carbocycles. The molecule has 0 radical (unpaired) electrons. The zero-order valence-electron chi connectivity index (χ0n) is 7.82. The van der Waals surface area contributed by atoms with E-state index in [-0.39, 0.29) is 11.4 Å². The number of carboxylic acids is 1. The first-order valence-corrected chi connectivity index (χ1v) is 4.23. The van der Waals surface area contributed by atoms with Gasteiger partial charge >= 0.3 is 5.97 Å². The third kappa shape index (κ3) is 2.74. The Bertz CT molecular complexity index is 297. The Balaban J connectivity index is 2.42. The van der Waals surface area contributed by atoms with Crippen LogP contribution in [-0.4, -0.2) is 41.1 Å². The van der Waals surface area contributed by atoms with Gasteiger partial charge in [0.25, 0.3) is 0 Å². The summed E-state index contributed by atoms with van der Waals surface area (Å²) in [6, 6.07) is 0. The number of hydrogen-bond acceptors (Lipinski definition) is 4. The standard InChI is InChI=1S/C8H12N2O4/c1-2-13-3-4-14-7-6(8(11)12)5-9-10-7/h5H,2-4H2,1H3,(H,9,10)(H,11,12). The molecule has 0 aliphatic carbocycles. The summed E-state index contributed by atoms with van der Waals surface area (Å²) in [5.41, 5.74) is 0.0292. The van der Waals surface area contributed by atoms with Gasteiger partial charge in [0, 0.05) is 12.8 Å². The van der Waals surface area contributed by atoms with Gasteiger partial charge in [-0.05, 0) is 6.92 Å². The molecule has 2 N–H and O–H groups in total. The van der Waals surface area contributed by atoms with Crippen LogP contribution in [0.3, 0.4) is 0 Å². The van der Waals surface area contributed by atoms with Crippen LogP contribution in [0.15, 0.2) is 6.20 Å². The van der Waals surface area contributed by atoms with Gasteiger partial charge in [0.1, 0.15) is 12.2 Å². The molecule has 0 fully saturated rings. The van der Waals surface area contributed by atoms with Crippen molar-refractivity contribution in [2.75, 3.05) is 19.8 Å². The van der Waals surface area contributed by atoms with Gasteiger partial charge in [0.2, 0.25) is 5.88 Å². The minimum Gasteiger partial charge on any atom is -0.477 e. The lowest BCUT2D eigenvalue weighted by molar-refractivity contribution is 0.0686. The molecule has 1 aromatic rings. The van der Waals surface area contributed by atoms with Crippen molar-refractivity contribution < 1.29 is 19.4 Å². The maximum Gasteiger partial charge on any atom is 0.342 e. The normalized spacial score (nSPS) is 10.1. The smallest absolute Gasteiger partial charge is 0.342 e. The van der Waals surface area contributed by atoms with E-state index in [9.17, 15) is 4.79 Å². The first-order valence-electron chi connectivity index (χ1n) is 4.23. The molecule has 78 valence electrons. The van der Waals surface area contributed by atoms with Crippen LogP contribution in [0.25, 0.3) is 0 Å². The molecule has 0 atom stereocenters. The van der Waals surface area contributed by atoms with Gasteiger partial charge in [0.15, 0.2) is 0 Å². The minimum absolute atomic E-state index is 0.0292. The molecule has 1 rings (SSSR count). The van der Waals surface area contributed by atoms with Gasteiger partial charge in [-0.3, -0.25) is 5.10 Å². The van der Waals surface area contributed by atoms with Crippen molar-refractivity contribution in [1.82, 2.24) is 10.2 Å². The van der Waals surface area contributed by atoms with Gasteiger partial charge < -0.3 is 14.6 Å². The van der Waals surface area contributed by atoms with Crippen molar-refractivity contribution in [3.05, 3.63) is 11.8 Å². The summed E-state index contributed by atoms with van der Waals surface area (Å²) in [7, 11) is 0. The summed E-state index contributed by atoms with van der Waals surface area (Å²) in [5, 5.41) is 14.8. The number of nitrogens with one attached hydrogen (secondary N) is 1. The Labute approximate surface area is 80.8 Å². The molecule has 0 spiro atoms. The molecular weight excluding hydrogens is 188 g/mol. The van der Waals surface area contributed by atoms with Crippen LogP contribution in [0.4, 0.5) is 0 Å². The second-order valence-corrected chi connectivity index (χ2v) is 2.45. The first kappa shape index (κ1) is 10.5. The summed E-state index contributed by atoms with van der Waals surface area (Å²) in [4.78, 5) is 10.6. The van der Waals surface area contributed by atoms with Gasteiger partial charge in [-0.25, -0.2) is 4.79 Å². The number of aromatic nitrogens is 2. The van der Waals surface area contributed by atoms with Crippen LogP contribution in [0, 0.1) is 0 Å². The molecule has 0 amide bonds. The maximum absolute atomic E-state index is 10.6. The Morgan fingerprint density at radius 2 is 2.43 bits per heavy atom. The van der Waals surface area contributed by atoms with Crippen molar-refractivity contribution in [3.63, 3.8) is 0 Å². The number of aromatic carboxylic acids is 1. The lowest BCUT2D eigenvalue weighted by atomic mass is 10.3. The molecule has 1 heterocycles. The van der Waals surface area contributed by atoms with Crippen LogP contribution in [0.5, 0.6) is 5.88 Å². The van der Waals surface area contributed by atoms with E-state index in [0.29, 0.717) is 19.8 Å². The van der Waals surface area contributed by atoms with Crippen LogP contribution in [0.2, 0.25) is 0 Å². The van der Waals surface area contributed by atoms with E-state index in [1.54, 1.807) is 0 Å². The molecule has 0 aliphatic rings. The van der Waals surface area contributed by atoms with Crippen molar-refractivity contribution >= 4 is 5.97 Å². The predicted octanol–water partition coefficient (Wildman–Crippen LogP) is 0.523. The SMILES string of the molecule is CCOCCOc1n[nH]cc1C(=O)O. The molecule has 0 saturated heterocycles. The van der Waals surface area contributed by atoms with Crippen molar-refractivity contribution in [1.29, 1.82) is 0 Å². The van der Waals surface area contributed by atoms with Crippen molar-refractivity contribution in [3.8, 4) is 5.88 Å². The number of hydrogen-bond donors (Lipinski definition) is 2. The molecule has 14 heavy (non-hydrogen) atoms. The summed E-state index contributed by atoms with van der Waals surface area (Å²) < 4.78 is 10.1. The average Bonchev–Trinajstić information content (AvgIpc) is 2.60. The molecule has 6 heteroatoms. The first-order chi connectivity index (χ1) is 6.75. The van der Waals surface area contributed by atoms with Crippen molar-refractivity contribution in [2.24, 2.45) is 0 Å². The van der Waals surface area contributed by atoms with E-state index in [1.807, 2.05) is 6.92 Å². The zero-order chi connectivity index (χ0) is 10.4. The fraction of sp³-hybridized carbons (Fsp3) is 0.500. The third-order valence-electron chi connectivity index (χ3n) is 1.51. The Kier molecular flexibility index (Phi) is 3.93. The molecular formula is C8H12N2O4. The van der Waals surface area contributed by atoms with E-state index < -0.39 is 5.97 Å². The summed E-state index contributed by atoms with van der Waals surface area (Å²) in [6.45, 7) is 3.19. The van der Waals surface area contributed by atoms with Crippen molar-refractivity contribution in [2.45, 2.75) is 6.92 Å². The van der Waals surface area contributed by atoms with Crippen LogP contribution < -0.4 is 4.74 Å². The number of carboxylic acid groups (broad SMARTS) is 1.